The number of ether oxygens (including phenoxy) is 1. The van der Waals surface area contributed by atoms with E-state index in [1.54, 1.807) is 37.4 Å². The SMILES string of the molecule is COc1ccc(CNC(=O)CCCN(C)S(=O)(=O)c2ccccc2)cc1. The highest BCUT2D eigenvalue weighted by molar-refractivity contribution is 7.89. The van der Waals surface area contributed by atoms with Gasteiger partial charge in [-0.25, -0.2) is 12.7 Å². The first-order valence-corrected chi connectivity index (χ1v) is 9.78. The third kappa shape index (κ3) is 5.57. The number of hydrogen-bond donors (Lipinski definition) is 1. The van der Waals surface area contributed by atoms with Gasteiger partial charge in [0.25, 0.3) is 0 Å². The Balaban J connectivity index is 1.75. The predicted octanol–water partition coefficient (Wildman–Crippen LogP) is 2.41. The summed E-state index contributed by atoms with van der Waals surface area (Å²) in [5.41, 5.74) is 0.975. The lowest BCUT2D eigenvalue weighted by molar-refractivity contribution is -0.121. The first-order valence-electron chi connectivity index (χ1n) is 8.34. The lowest BCUT2D eigenvalue weighted by Gasteiger charge is -2.17. The van der Waals surface area contributed by atoms with Crippen molar-refractivity contribution in [1.82, 2.24) is 9.62 Å². The summed E-state index contributed by atoms with van der Waals surface area (Å²) in [7, 11) is -0.381. The van der Waals surface area contributed by atoms with E-state index in [0.29, 0.717) is 13.0 Å². The average Bonchev–Trinajstić information content (AvgIpc) is 2.67. The molecule has 0 aliphatic rings. The summed E-state index contributed by atoms with van der Waals surface area (Å²) in [6, 6.07) is 15.7. The van der Waals surface area contributed by atoms with Crippen molar-refractivity contribution >= 4 is 15.9 Å². The van der Waals surface area contributed by atoms with Crippen LogP contribution in [0.4, 0.5) is 0 Å². The van der Waals surface area contributed by atoms with E-state index >= 15 is 0 Å². The van der Waals surface area contributed by atoms with Crippen LogP contribution < -0.4 is 10.1 Å². The Kier molecular flexibility index (Phi) is 7.17. The zero-order chi connectivity index (χ0) is 19.0. The standard InChI is InChI=1S/C19H24N2O4S/c1-21(26(23,24)18-7-4-3-5-8-18)14-6-9-19(22)20-15-16-10-12-17(25-2)13-11-16/h3-5,7-8,10-13H,6,9,14-15H2,1-2H3,(H,20,22). The molecule has 7 heteroatoms. The molecule has 2 aromatic rings. The molecule has 0 fully saturated rings. The van der Waals surface area contributed by atoms with Crippen LogP contribution in [0, 0.1) is 0 Å². The van der Waals surface area contributed by atoms with Gasteiger partial charge in [-0.2, -0.15) is 0 Å². The van der Waals surface area contributed by atoms with Crippen molar-refractivity contribution in [1.29, 1.82) is 0 Å². The highest BCUT2D eigenvalue weighted by atomic mass is 32.2. The number of rotatable bonds is 9. The summed E-state index contributed by atoms with van der Waals surface area (Å²) >= 11 is 0. The molecular weight excluding hydrogens is 352 g/mol. The molecule has 0 spiro atoms. The van der Waals surface area contributed by atoms with Gasteiger partial charge in [0.1, 0.15) is 5.75 Å². The number of methoxy groups -OCH3 is 1. The highest BCUT2D eigenvalue weighted by Gasteiger charge is 2.19. The maximum absolute atomic E-state index is 12.4. The fourth-order valence-electron chi connectivity index (χ4n) is 2.39. The Morgan fingerprint density at radius 2 is 1.73 bits per heavy atom. The van der Waals surface area contributed by atoms with E-state index in [9.17, 15) is 13.2 Å². The number of benzene rings is 2. The largest absolute Gasteiger partial charge is 0.497 e. The zero-order valence-corrected chi connectivity index (χ0v) is 15.8. The van der Waals surface area contributed by atoms with E-state index < -0.39 is 10.0 Å². The molecule has 0 aliphatic heterocycles. The van der Waals surface area contributed by atoms with Crippen molar-refractivity contribution in [2.24, 2.45) is 0 Å². The lowest BCUT2D eigenvalue weighted by atomic mass is 10.2. The van der Waals surface area contributed by atoms with Crippen molar-refractivity contribution in [2.75, 3.05) is 20.7 Å². The van der Waals surface area contributed by atoms with Crippen molar-refractivity contribution in [3.05, 3.63) is 60.2 Å². The molecular formula is C19H24N2O4S. The Bertz CT molecular complexity index is 805. The summed E-state index contributed by atoms with van der Waals surface area (Å²) in [6.07, 6.45) is 0.724. The molecule has 0 radical (unpaired) electrons. The molecule has 0 bridgehead atoms. The normalized spacial score (nSPS) is 11.3. The molecule has 1 amide bonds. The van der Waals surface area contributed by atoms with Crippen LogP contribution in [0.1, 0.15) is 18.4 Å². The number of hydrogen-bond acceptors (Lipinski definition) is 4. The smallest absolute Gasteiger partial charge is 0.242 e. The Hall–Kier alpha value is -2.38. The second kappa shape index (κ2) is 9.35. The minimum Gasteiger partial charge on any atom is -0.497 e. The molecule has 0 saturated heterocycles. The first-order chi connectivity index (χ1) is 12.4. The van der Waals surface area contributed by atoms with Gasteiger partial charge in [-0.05, 0) is 36.2 Å². The number of sulfonamides is 1. The molecule has 6 nitrogen and oxygen atoms in total. The lowest BCUT2D eigenvalue weighted by Crippen LogP contribution is -2.29. The molecule has 0 aliphatic carbocycles. The van der Waals surface area contributed by atoms with E-state index in [2.05, 4.69) is 5.32 Å². The van der Waals surface area contributed by atoms with Crippen LogP contribution in [0.5, 0.6) is 5.75 Å². The van der Waals surface area contributed by atoms with Crippen molar-refractivity contribution in [3.63, 3.8) is 0 Å². The average molecular weight is 376 g/mol. The molecule has 1 N–H and O–H groups in total. The highest BCUT2D eigenvalue weighted by Crippen LogP contribution is 2.14. The quantitative estimate of drug-likeness (QED) is 0.729. The Morgan fingerprint density at radius 3 is 2.35 bits per heavy atom. The monoisotopic (exact) mass is 376 g/mol. The van der Waals surface area contributed by atoms with Gasteiger partial charge in [-0.3, -0.25) is 4.79 Å². The van der Waals surface area contributed by atoms with Crippen LogP contribution in [0.3, 0.4) is 0 Å². The van der Waals surface area contributed by atoms with Gasteiger partial charge in [0.15, 0.2) is 0 Å². The topological polar surface area (TPSA) is 75.7 Å². The molecule has 0 aromatic heterocycles. The predicted molar refractivity (Wildman–Crippen MR) is 100 cm³/mol. The van der Waals surface area contributed by atoms with Gasteiger partial charge < -0.3 is 10.1 Å². The Labute approximate surface area is 154 Å². The number of amides is 1. The molecule has 2 aromatic carbocycles. The third-order valence-corrected chi connectivity index (χ3v) is 5.85. The fourth-order valence-corrected chi connectivity index (χ4v) is 3.62. The van der Waals surface area contributed by atoms with Crippen molar-refractivity contribution in [3.8, 4) is 5.75 Å². The number of carbonyl (C=O) groups excluding carboxylic acids is 1. The van der Waals surface area contributed by atoms with Crippen LogP contribution in [0.25, 0.3) is 0 Å². The van der Waals surface area contributed by atoms with Crippen LogP contribution in [0.15, 0.2) is 59.5 Å². The minimum absolute atomic E-state index is 0.105. The fraction of sp³-hybridized carbons (Fsp3) is 0.316. The zero-order valence-electron chi connectivity index (χ0n) is 15.0. The molecule has 0 atom stereocenters. The van der Waals surface area contributed by atoms with Crippen LogP contribution in [-0.4, -0.2) is 39.3 Å². The second-order valence-corrected chi connectivity index (χ2v) is 7.91. The summed E-state index contributed by atoms with van der Waals surface area (Å²) in [4.78, 5) is 12.2. The van der Waals surface area contributed by atoms with Crippen LogP contribution in [-0.2, 0) is 21.4 Å². The van der Waals surface area contributed by atoms with E-state index in [1.165, 1.54) is 11.4 Å². The number of carbonyl (C=O) groups is 1. The van der Waals surface area contributed by atoms with Crippen LogP contribution >= 0.6 is 0 Å². The molecule has 0 heterocycles. The second-order valence-electron chi connectivity index (χ2n) is 5.87. The summed E-state index contributed by atoms with van der Waals surface area (Å²) < 4.78 is 31.1. The number of nitrogens with one attached hydrogen (secondary N) is 1. The van der Waals surface area contributed by atoms with E-state index in [1.807, 2.05) is 24.3 Å². The van der Waals surface area contributed by atoms with Gasteiger partial charge in [-0.1, -0.05) is 30.3 Å². The van der Waals surface area contributed by atoms with Gasteiger partial charge in [-0.15, -0.1) is 0 Å². The van der Waals surface area contributed by atoms with E-state index in [4.69, 9.17) is 4.74 Å². The van der Waals surface area contributed by atoms with Gasteiger partial charge in [0, 0.05) is 26.6 Å². The first kappa shape index (κ1) is 19.9. The Morgan fingerprint density at radius 1 is 1.08 bits per heavy atom. The summed E-state index contributed by atoms with van der Waals surface area (Å²) in [5, 5.41) is 2.83. The maximum Gasteiger partial charge on any atom is 0.242 e. The van der Waals surface area contributed by atoms with Gasteiger partial charge in [0.05, 0.1) is 12.0 Å². The molecule has 2 rings (SSSR count). The van der Waals surface area contributed by atoms with Crippen molar-refractivity contribution in [2.45, 2.75) is 24.3 Å². The molecule has 26 heavy (non-hydrogen) atoms. The molecule has 0 unspecified atom stereocenters. The summed E-state index contributed by atoms with van der Waals surface area (Å²) in [5.74, 6) is 0.661. The third-order valence-electron chi connectivity index (χ3n) is 3.98. The molecule has 0 saturated carbocycles. The maximum atomic E-state index is 12.4. The van der Waals surface area contributed by atoms with Gasteiger partial charge in [0.2, 0.25) is 15.9 Å². The van der Waals surface area contributed by atoms with Crippen LogP contribution in [0.2, 0.25) is 0 Å². The van der Waals surface area contributed by atoms with E-state index in [0.717, 1.165) is 11.3 Å². The number of nitrogens with zero attached hydrogens (tertiary/aromatic N) is 1. The summed E-state index contributed by atoms with van der Waals surface area (Å²) in [6.45, 7) is 0.716. The van der Waals surface area contributed by atoms with E-state index in [-0.39, 0.29) is 23.8 Å². The van der Waals surface area contributed by atoms with Crippen molar-refractivity contribution < 1.29 is 17.9 Å². The minimum atomic E-state index is -3.51. The van der Waals surface area contributed by atoms with Gasteiger partial charge >= 0.3 is 0 Å². The molecule has 140 valence electrons.